The van der Waals surface area contributed by atoms with Crippen LogP contribution >= 0.6 is 0 Å². The Morgan fingerprint density at radius 3 is 2.59 bits per heavy atom. The van der Waals surface area contributed by atoms with Crippen molar-refractivity contribution in [3.63, 3.8) is 0 Å². The molecule has 1 aromatic rings. The molecule has 1 saturated carbocycles. The first-order valence-corrected chi connectivity index (χ1v) is 7.64. The first-order chi connectivity index (χ1) is 10.6. The topological polar surface area (TPSA) is 87.8 Å². The van der Waals surface area contributed by atoms with Gasteiger partial charge in [-0.25, -0.2) is 0 Å². The molecule has 22 heavy (non-hydrogen) atoms. The average Bonchev–Trinajstić information content (AvgIpc) is 2.92. The van der Waals surface area contributed by atoms with Crippen molar-refractivity contribution in [3.8, 4) is 0 Å². The van der Waals surface area contributed by atoms with Crippen LogP contribution in [-0.2, 0) is 9.59 Å². The van der Waals surface area contributed by atoms with Gasteiger partial charge in [0.1, 0.15) is 11.8 Å². The van der Waals surface area contributed by atoms with Crippen molar-refractivity contribution in [1.29, 1.82) is 0 Å². The Morgan fingerprint density at radius 1 is 1.27 bits per heavy atom. The van der Waals surface area contributed by atoms with Crippen LogP contribution < -0.4 is 16.1 Å². The van der Waals surface area contributed by atoms with Gasteiger partial charge < -0.3 is 11.1 Å². The molecule has 6 nitrogen and oxygen atoms in total. The number of carbonyl (C=O) groups excluding carboxylic acids is 2. The minimum Gasteiger partial charge on any atom is -0.368 e. The molecule has 1 atom stereocenters. The number of nitrogens with two attached hydrogens (primary N) is 1. The number of nitrogens with one attached hydrogen (secondary N) is 1. The zero-order valence-corrected chi connectivity index (χ0v) is 12.4. The molecule has 0 saturated heterocycles. The summed E-state index contributed by atoms with van der Waals surface area (Å²) in [5.74, 6) is -0.0888. The minimum atomic E-state index is -0.605. The number of benzene rings is 1. The molecular formula is C16H20N4O2. The smallest absolute Gasteiger partial charge is 0.267 e. The van der Waals surface area contributed by atoms with Crippen molar-refractivity contribution in [2.75, 3.05) is 11.6 Å². The maximum Gasteiger partial charge on any atom is 0.267 e. The highest BCUT2D eigenvalue weighted by molar-refractivity contribution is 6.40. The van der Waals surface area contributed by atoms with Crippen LogP contribution in [0.25, 0.3) is 0 Å². The quantitative estimate of drug-likeness (QED) is 0.851. The summed E-state index contributed by atoms with van der Waals surface area (Å²) in [6.45, 7) is 0.685. The van der Waals surface area contributed by atoms with E-state index in [9.17, 15) is 9.59 Å². The van der Waals surface area contributed by atoms with Gasteiger partial charge in [-0.1, -0.05) is 24.6 Å². The van der Waals surface area contributed by atoms with Crippen LogP contribution in [-0.4, -0.2) is 30.1 Å². The van der Waals surface area contributed by atoms with Crippen molar-refractivity contribution >= 4 is 23.2 Å². The predicted octanol–water partition coefficient (Wildman–Crippen LogP) is 1.02. The van der Waals surface area contributed by atoms with Crippen LogP contribution in [0.5, 0.6) is 0 Å². The van der Waals surface area contributed by atoms with Gasteiger partial charge in [-0.3, -0.25) is 14.6 Å². The van der Waals surface area contributed by atoms with Crippen molar-refractivity contribution in [3.05, 3.63) is 30.3 Å². The summed E-state index contributed by atoms with van der Waals surface area (Å²) in [5, 5.41) is 8.77. The lowest BCUT2D eigenvalue weighted by Crippen LogP contribution is -2.40. The fraction of sp³-hybridized carbons (Fsp3) is 0.438. The van der Waals surface area contributed by atoms with Crippen LogP contribution in [0.3, 0.4) is 0 Å². The van der Waals surface area contributed by atoms with Gasteiger partial charge in [-0.05, 0) is 30.9 Å². The lowest BCUT2D eigenvalue weighted by molar-refractivity contribution is -0.119. The van der Waals surface area contributed by atoms with Crippen LogP contribution in [0.4, 0.5) is 5.69 Å². The van der Waals surface area contributed by atoms with E-state index in [0.717, 1.165) is 5.69 Å². The fourth-order valence-corrected chi connectivity index (χ4v) is 2.72. The summed E-state index contributed by atoms with van der Waals surface area (Å²) in [4.78, 5) is 23.9. The largest absolute Gasteiger partial charge is 0.368 e. The van der Waals surface area contributed by atoms with Gasteiger partial charge in [0.25, 0.3) is 5.91 Å². The second-order valence-electron chi connectivity index (χ2n) is 5.86. The minimum absolute atomic E-state index is 0.198. The van der Waals surface area contributed by atoms with Crippen molar-refractivity contribution in [1.82, 2.24) is 5.32 Å². The molecular weight excluding hydrogens is 280 g/mol. The number of hydrogen-bond acceptors (Lipinski definition) is 4. The molecule has 0 unspecified atom stereocenters. The van der Waals surface area contributed by atoms with Crippen LogP contribution in [0.1, 0.15) is 25.7 Å². The van der Waals surface area contributed by atoms with Gasteiger partial charge in [0.15, 0.2) is 0 Å². The zero-order valence-electron chi connectivity index (χ0n) is 12.4. The maximum atomic E-state index is 12.2. The molecule has 0 bridgehead atoms. The van der Waals surface area contributed by atoms with Crippen molar-refractivity contribution < 1.29 is 9.59 Å². The van der Waals surface area contributed by atoms with Gasteiger partial charge in [0.2, 0.25) is 5.91 Å². The summed E-state index contributed by atoms with van der Waals surface area (Å²) in [6, 6.07) is 8.68. The van der Waals surface area contributed by atoms with Gasteiger partial charge >= 0.3 is 0 Å². The van der Waals surface area contributed by atoms with Gasteiger partial charge in [-0.2, -0.15) is 5.10 Å². The fourth-order valence-electron chi connectivity index (χ4n) is 2.72. The summed E-state index contributed by atoms with van der Waals surface area (Å²) >= 11 is 0. The molecule has 6 heteroatoms. The molecule has 0 aromatic heterocycles. The molecule has 116 valence electrons. The number of carbonyl (C=O) groups is 2. The molecule has 1 aromatic carbocycles. The highest BCUT2D eigenvalue weighted by Crippen LogP contribution is 2.26. The van der Waals surface area contributed by atoms with E-state index in [-0.39, 0.29) is 12.3 Å². The number of primary amides is 1. The van der Waals surface area contributed by atoms with Crippen molar-refractivity contribution in [2.45, 2.75) is 31.7 Å². The monoisotopic (exact) mass is 300 g/mol. The summed E-state index contributed by atoms with van der Waals surface area (Å²) in [6.07, 6.45) is 3.84. The second kappa shape index (κ2) is 6.17. The number of para-hydroxylation sites is 1. The first-order valence-electron chi connectivity index (χ1n) is 7.64. The number of rotatable bonds is 5. The third-order valence-corrected chi connectivity index (χ3v) is 4.30. The Balaban J connectivity index is 1.71. The summed E-state index contributed by atoms with van der Waals surface area (Å²) in [7, 11) is 0. The van der Waals surface area contributed by atoms with E-state index in [1.54, 1.807) is 5.01 Å². The van der Waals surface area contributed by atoms with E-state index in [2.05, 4.69) is 10.4 Å². The summed E-state index contributed by atoms with van der Waals surface area (Å²) in [5.41, 5.74) is 6.58. The highest BCUT2D eigenvalue weighted by atomic mass is 16.2. The Kier molecular flexibility index (Phi) is 4.09. The van der Waals surface area contributed by atoms with E-state index in [1.165, 1.54) is 19.3 Å². The Labute approximate surface area is 129 Å². The van der Waals surface area contributed by atoms with E-state index in [1.807, 2.05) is 30.3 Å². The van der Waals surface area contributed by atoms with E-state index in [0.29, 0.717) is 18.2 Å². The third kappa shape index (κ3) is 2.95. The van der Waals surface area contributed by atoms with Crippen LogP contribution in [0, 0.1) is 5.92 Å². The van der Waals surface area contributed by atoms with Crippen LogP contribution in [0.2, 0.25) is 0 Å². The number of anilines is 1. The second-order valence-corrected chi connectivity index (χ2v) is 5.86. The molecule has 2 aliphatic rings. The van der Waals surface area contributed by atoms with E-state index < -0.39 is 11.9 Å². The molecule has 1 heterocycles. The molecule has 1 aliphatic heterocycles. The van der Waals surface area contributed by atoms with E-state index in [4.69, 9.17) is 5.73 Å². The first kappa shape index (κ1) is 14.6. The standard InChI is InChI=1S/C16H20N4O2/c17-15(21)14-9-13(16(22)18-10-11-5-4-6-11)19-20(14)12-7-2-1-3-8-12/h1-3,7-8,11,14H,4-6,9-10H2,(H2,17,21)(H,18,22)/t14-/m0/s1. The number of hydrazone groups is 1. The Morgan fingerprint density at radius 2 is 2.00 bits per heavy atom. The Hall–Kier alpha value is -2.37. The summed E-state index contributed by atoms with van der Waals surface area (Å²) < 4.78 is 0. The Bertz CT molecular complexity index is 595. The van der Waals surface area contributed by atoms with E-state index >= 15 is 0 Å². The number of nitrogens with zero attached hydrogens (tertiary/aromatic N) is 2. The SMILES string of the molecule is NC(=O)[C@@H]1CC(C(=O)NCC2CCC2)=NN1c1ccccc1. The molecule has 3 rings (SSSR count). The van der Waals surface area contributed by atoms with Gasteiger partial charge in [0.05, 0.1) is 5.69 Å². The molecule has 3 N–H and O–H groups in total. The normalized spacial score (nSPS) is 21.2. The predicted molar refractivity (Wildman–Crippen MR) is 84.3 cm³/mol. The van der Waals surface area contributed by atoms with Gasteiger partial charge in [0, 0.05) is 13.0 Å². The number of hydrogen-bond donors (Lipinski definition) is 2. The number of amides is 2. The van der Waals surface area contributed by atoms with Gasteiger partial charge in [-0.15, -0.1) is 0 Å². The lowest BCUT2D eigenvalue weighted by atomic mass is 9.85. The zero-order chi connectivity index (χ0) is 15.5. The molecule has 1 fully saturated rings. The third-order valence-electron chi connectivity index (χ3n) is 4.30. The average molecular weight is 300 g/mol. The highest BCUT2D eigenvalue weighted by Gasteiger charge is 2.35. The van der Waals surface area contributed by atoms with Crippen molar-refractivity contribution in [2.24, 2.45) is 16.8 Å². The molecule has 0 radical (unpaired) electrons. The molecule has 1 aliphatic carbocycles. The molecule has 2 amide bonds. The van der Waals surface area contributed by atoms with Crippen LogP contribution in [0.15, 0.2) is 35.4 Å². The molecule has 0 spiro atoms. The maximum absolute atomic E-state index is 12.2. The lowest BCUT2D eigenvalue weighted by Gasteiger charge is -2.25.